The lowest BCUT2D eigenvalue weighted by Crippen LogP contribution is -2.30. The van der Waals surface area contributed by atoms with Gasteiger partial charge in [-0.3, -0.25) is 0 Å². The van der Waals surface area contributed by atoms with Gasteiger partial charge in [-0.15, -0.1) is 0 Å². The van der Waals surface area contributed by atoms with E-state index < -0.39 is 0 Å². The Morgan fingerprint density at radius 3 is 2.80 bits per heavy atom. The maximum Gasteiger partial charge on any atom is 0.124 e. The van der Waals surface area contributed by atoms with Crippen LogP contribution in [0.4, 0.5) is 0 Å². The number of nitrogens with one attached hydrogen (secondary N) is 1. The lowest BCUT2D eigenvalue weighted by Gasteiger charge is -2.27. The average Bonchev–Trinajstić information content (AvgIpc) is 2.88. The molecule has 20 heavy (non-hydrogen) atoms. The molecule has 3 atom stereocenters. The van der Waals surface area contributed by atoms with Crippen LogP contribution in [0.15, 0.2) is 24.3 Å². The Labute approximate surface area is 121 Å². The Bertz CT molecular complexity index is 410. The quantitative estimate of drug-likeness (QED) is 0.778. The Balaban J connectivity index is 2.16. The van der Waals surface area contributed by atoms with Crippen LogP contribution in [0.5, 0.6) is 5.75 Å². The van der Waals surface area contributed by atoms with E-state index in [9.17, 15) is 0 Å². The molecule has 0 bridgehead atoms. The largest absolute Gasteiger partial charge is 0.491 e. The van der Waals surface area contributed by atoms with Crippen LogP contribution < -0.4 is 10.1 Å². The molecule has 112 valence electrons. The molecule has 3 unspecified atom stereocenters. The van der Waals surface area contributed by atoms with Crippen molar-refractivity contribution >= 4 is 0 Å². The van der Waals surface area contributed by atoms with E-state index >= 15 is 0 Å². The first-order chi connectivity index (χ1) is 9.77. The fourth-order valence-corrected chi connectivity index (χ4v) is 2.89. The summed E-state index contributed by atoms with van der Waals surface area (Å²) in [7, 11) is 3.69. The van der Waals surface area contributed by atoms with E-state index in [0.29, 0.717) is 19.1 Å². The summed E-state index contributed by atoms with van der Waals surface area (Å²) in [4.78, 5) is 0. The van der Waals surface area contributed by atoms with E-state index in [-0.39, 0.29) is 12.1 Å². The van der Waals surface area contributed by atoms with Gasteiger partial charge in [0.15, 0.2) is 0 Å². The van der Waals surface area contributed by atoms with Crippen LogP contribution in [0.25, 0.3) is 0 Å². The second-order valence-corrected chi connectivity index (χ2v) is 5.17. The van der Waals surface area contributed by atoms with Gasteiger partial charge in [-0.25, -0.2) is 0 Å². The van der Waals surface area contributed by atoms with Crippen LogP contribution in [-0.2, 0) is 9.47 Å². The molecular weight excluding hydrogens is 254 g/mol. The molecule has 1 aromatic carbocycles. The van der Waals surface area contributed by atoms with E-state index in [4.69, 9.17) is 14.2 Å². The molecule has 0 aromatic heterocycles. The summed E-state index contributed by atoms with van der Waals surface area (Å²) < 4.78 is 16.6. The second kappa shape index (κ2) is 7.62. The smallest absolute Gasteiger partial charge is 0.124 e. The number of ether oxygens (including phenoxy) is 3. The van der Waals surface area contributed by atoms with Crippen LogP contribution in [-0.4, -0.2) is 40.1 Å². The summed E-state index contributed by atoms with van der Waals surface area (Å²) in [5.74, 6) is 1.41. The van der Waals surface area contributed by atoms with Crippen LogP contribution in [0.1, 0.15) is 24.9 Å². The maximum atomic E-state index is 5.85. The highest BCUT2D eigenvalue weighted by Gasteiger charge is 2.33. The van der Waals surface area contributed by atoms with Crippen molar-refractivity contribution in [3.8, 4) is 5.75 Å². The maximum absolute atomic E-state index is 5.85. The minimum atomic E-state index is 0.256. The predicted octanol–water partition coefficient (Wildman–Crippen LogP) is 2.40. The molecule has 1 aromatic rings. The zero-order valence-corrected chi connectivity index (χ0v) is 12.6. The molecule has 0 saturated carbocycles. The standard InChI is InChI=1S/C16H25NO3/c1-12-13(8-9-19-12)16(17-2)14-6-4-5-7-15(14)20-11-10-18-3/h4-7,12-13,16-17H,8-11H2,1-3H3. The van der Waals surface area contributed by atoms with Crippen molar-refractivity contribution in [1.82, 2.24) is 5.32 Å². The summed E-state index contributed by atoms with van der Waals surface area (Å²) in [6.07, 6.45) is 1.36. The molecule has 4 nitrogen and oxygen atoms in total. The molecular formula is C16H25NO3. The Morgan fingerprint density at radius 2 is 2.15 bits per heavy atom. The van der Waals surface area contributed by atoms with E-state index in [1.807, 2.05) is 19.2 Å². The molecule has 1 N–H and O–H groups in total. The van der Waals surface area contributed by atoms with Gasteiger partial charge in [-0.1, -0.05) is 18.2 Å². The summed E-state index contributed by atoms with van der Waals surface area (Å²) in [5, 5.41) is 3.43. The third-order valence-electron chi connectivity index (χ3n) is 3.97. The first-order valence-electron chi connectivity index (χ1n) is 7.27. The van der Waals surface area contributed by atoms with Crippen LogP contribution in [0, 0.1) is 5.92 Å². The lowest BCUT2D eigenvalue weighted by molar-refractivity contribution is 0.0955. The van der Waals surface area contributed by atoms with Crippen LogP contribution in [0.2, 0.25) is 0 Å². The minimum Gasteiger partial charge on any atom is -0.491 e. The van der Waals surface area contributed by atoms with Gasteiger partial charge in [0.2, 0.25) is 0 Å². The van der Waals surface area contributed by atoms with E-state index in [2.05, 4.69) is 24.4 Å². The van der Waals surface area contributed by atoms with Crippen LogP contribution >= 0.6 is 0 Å². The van der Waals surface area contributed by atoms with Crippen molar-refractivity contribution in [3.05, 3.63) is 29.8 Å². The third-order valence-corrected chi connectivity index (χ3v) is 3.97. The molecule has 1 heterocycles. The summed E-state index contributed by atoms with van der Waals surface area (Å²) in [6.45, 7) is 4.16. The monoisotopic (exact) mass is 279 g/mol. The predicted molar refractivity (Wildman–Crippen MR) is 79.1 cm³/mol. The Kier molecular flexibility index (Phi) is 5.83. The SMILES string of the molecule is CNC(c1ccccc1OCCOC)C1CCOC1C. The van der Waals surface area contributed by atoms with Gasteiger partial charge < -0.3 is 19.5 Å². The fraction of sp³-hybridized carbons (Fsp3) is 0.625. The molecule has 0 spiro atoms. The minimum absolute atomic E-state index is 0.256. The van der Waals surface area contributed by atoms with E-state index in [1.54, 1.807) is 7.11 Å². The normalized spacial score (nSPS) is 23.8. The van der Waals surface area contributed by atoms with Gasteiger partial charge in [0.25, 0.3) is 0 Å². The zero-order chi connectivity index (χ0) is 14.4. The lowest BCUT2D eigenvalue weighted by atomic mass is 9.88. The molecule has 1 saturated heterocycles. The topological polar surface area (TPSA) is 39.7 Å². The highest BCUT2D eigenvalue weighted by Crippen LogP contribution is 2.36. The molecule has 1 aliphatic heterocycles. The second-order valence-electron chi connectivity index (χ2n) is 5.17. The number of hydrogen-bond acceptors (Lipinski definition) is 4. The van der Waals surface area contributed by atoms with Gasteiger partial charge in [-0.05, 0) is 26.5 Å². The zero-order valence-electron chi connectivity index (χ0n) is 12.6. The summed E-state index contributed by atoms with van der Waals surface area (Å²) in [5.41, 5.74) is 1.20. The number of para-hydroxylation sites is 1. The average molecular weight is 279 g/mol. The van der Waals surface area contributed by atoms with Crippen molar-refractivity contribution in [2.75, 3.05) is 34.0 Å². The van der Waals surface area contributed by atoms with Crippen molar-refractivity contribution in [2.24, 2.45) is 5.92 Å². The van der Waals surface area contributed by atoms with Crippen molar-refractivity contribution < 1.29 is 14.2 Å². The Hall–Kier alpha value is -1.10. The Morgan fingerprint density at radius 1 is 1.35 bits per heavy atom. The number of methoxy groups -OCH3 is 1. The van der Waals surface area contributed by atoms with Crippen molar-refractivity contribution in [3.63, 3.8) is 0 Å². The van der Waals surface area contributed by atoms with Gasteiger partial charge in [0, 0.05) is 31.2 Å². The van der Waals surface area contributed by atoms with E-state index in [1.165, 1.54) is 5.56 Å². The number of benzene rings is 1. The van der Waals surface area contributed by atoms with Crippen molar-refractivity contribution in [1.29, 1.82) is 0 Å². The van der Waals surface area contributed by atoms with Crippen LogP contribution in [0.3, 0.4) is 0 Å². The van der Waals surface area contributed by atoms with Gasteiger partial charge in [-0.2, -0.15) is 0 Å². The molecule has 1 fully saturated rings. The highest BCUT2D eigenvalue weighted by molar-refractivity contribution is 5.36. The van der Waals surface area contributed by atoms with E-state index in [0.717, 1.165) is 18.8 Å². The molecule has 1 aliphatic rings. The van der Waals surface area contributed by atoms with Gasteiger partial charge >= 0.3 is 0 Å². The third kappa shape index (κ3) is 3.51. The number of hydrogen-bond donors (Lipinski definition) is 1. The van der Waals surface area contributed by atoms with Crippen molar-refractivity contribution in [2.45, 2.75) is 25.5 Å². The summed E-state index contributed by atoms with van der Waals surface area (Å²) >= 11 is 0. The first-order valence-corrected chi connectivity index (χ1v) is 7.27. The first kappa shape index (κ1) is 15.3. The highest BCUT2D eigenvalue weighted by atomic mass is 16.5. The van der Waals surface area contributed by atoms with Gasteiger partial charge in [0.1, 0.15) is 12.4 Å². The molecule has 0 amide bonds. The molecule has 4 heteroatoms. The molecule has 0 aliphatic carbocycles. The van der Waals surface area contributed by atoms with Gasteiger partial charge in [0.05, 0.1) is 12.7 Å². The fourth-order valence-electron chi connectivity index (χ4n) is 2.89. The molecule has 2 rings (SSSR count). The number of rotatable bonds is 7. The summed E-state index contributed by atoms with van der Waals surface area (Å²) in [6, 6.07) is 8.48. The molecule has 0 radical (unpaired) electrons.